The molecule has 11 heteroatoms. The van der Waals surface area contributed by atoms with E-state index in [0.29, 0.717) is 10.6 Å². The van der Waals surface area contributed by atoms with E-state index in [9.17, 15) is 13.2 Å². The van der Waals surface area contributed by atoms with E-state index < -0.39 is 22.5 Å². The van der Waals surface area contributed by atoms with Crippen LogP contribution in [0.1, 0.15) is 5.56 Å². The number of amides is 1. The van der Waals surface area contributed by atoms with Gasteiger partial charge in [-0.2, -0.15) is 0 Å². The highest BCUT2D eigenvalue weighted by Gasteiger charge is 2.29. The number of anilines is 2. The standard InChI is InChI=1S/C17H14Cl2N4O3S2/c1-11-13(18)9-21-16(15(11)19)22-14(24)10-23(17-20-7-8-27-17)28(25,26)12-5-3-2-4-6-12/h2-9H,10H2,1H3,(H,21,22,24). The molecule has 0 fully saturated rings. The summed E-state index contributed by atoms with van der Waals surface area (Å²) >= 11 is 13.2. The van der Waals surface area contributed by atoms with Gasteiger partial charge in [0.05, 0.1) is 14.9 Å². The largest absolute Gasteiger partial charge is 0.308 e. The molecule has 2 aromatic heterocycles. The van der Waals surface area contributed by atoms with Crippen LogP contribution in [0.25, 0.3) is 0 Å². The van der Waals surface area contributed by atoms with Crippen molar-refractivity contribution in [3.8, 4) is 0 Å². The topological polar surface area (TPSA) is 92.3 Å². The Balaban J connectivity index is 1.89. The van der Waals surface area contributed by atoms with Crippen molar-refractivity contribution in [2.75, 3.05) is 16.2 Å². The summed E-state index contributed by atoms with van der Waals surface area (Å²) in [6.07, 6.45) is 2.82. The third kappa shape index (κ3) is 4.27. The molecule has 0 aliphatic heterocycles. The Labute approximate surface area is 176 Å². The predicted molar refractivity (Wildman–Crippen MR) is 111 cm³/mol. The van der Waals surface area contributed by atoms with Crippen LogP contribution in [0.4, 0.5) is 10.9 Å². The molecular weight excluding hydrogens is 443 g/mol. The van der Waals surface area contributed by atoms with Gasteiger partial charge in [0.25, 0.3) is 10.0 Å². The third-order valence-electron chi connectivity index (χ3n) is 3.71. The number of benzene rings is 1. The first-order valence-corrected chi connectivity index (χ1v) is 11.0. The minimum absolute atomic E-state index is 0.0523. The van der Waals surface area contributed by atoms with Crippen LogP contribution >= 0.6 is 34.5 Å². The van der Waals surface area contributed by atoms with Crippen LogP contribution in [0, 0.1) is 6.92 Å². The van der Waals surface area contributed by atoms with Crippen LogP contribution in [0.5, 0.6) is 0 Å². The summed E-state index contributed by atoms with van der Waals surface area (Å²) in [5.74, 6) is -0.518. The molecular formula is C17H14Cl2N4O3S2. The molecule has 0 bridgehead atoms. The van der Waals surface area contributed by atoms with Gasteiger partial charge in [-0.1, -0.05) is 41.4 Å². The lowest BCUT2D eigenvalue weighted by atomic mass is 10.3. The van der Waals surface area contributed by atoms with Gasteiger partial charge in [0.15, 0.2) is 10.9 Å². The highest BCUT2D eigenvalue weighted by molar-refractivity contribution is 7.93. The molecule has 0 aliphatic carbocycles. The average Bonchev–Trinajstić information content (AvgIpc) is 3.21. The Hall–Kier alpha value is -2.20. The molecule has 7 nitrogen and oxygen atoms in total. The van der Waals surface area contributed by atoms with Gasteiger partial charge in [0, 0.05) is 17.8 Å². The fraction of sp³-hybridized carbons (Fsp3) is 0.118. The lowest BCUT2D eigenvalue weighted by molar-refractivity contribution is -0.114. The van der Waals surface area contributed by atoms with Gasteiger partial charge >= 0.3 is 0 Å². The zero-order valence-corrected chi connectivity index (χ0v) is 17.6. The number of nitrogens with zero attached hydrogens (tertiary/aromatic N) is 3. The lowest BCUT2D eigenvalue weighted by Gasteiger charge is -2.21. The van der Waals surface area contributed by atoms with Crippen LogP contribution in [0.2, 0.25) is 10.0 Å². The van der Waals surface area contributed by atoms with E-state index in [4.69, 9.17) is 23.2 Å². The van der Waals surface area contributed by atoms with E-state index in [2.05, 4.69) is 15.3 Å². The molecule has 0 unspecified atom stereocenters. The number of aromatic nitrogens is 2. The first kappa shape index (κ1) is 20.5. The second-order valence-electron chi connectivity index (χ2n) is 5.58. The number of rotatable bonds is 6. The summed E-state index contributed by atoms with van der Waals surface area (Å²) in [7, 11) is -3.99. The Morgan fingerprint density at radius 2 is 1.93 bits per heavy atom. The van der Waals surface area contributed by atoms with E-state index in [0.717, 1.165) is 15.6 Å². The number of carbonyl (C=O) groups excluding carboxylic acids is 1. The van der Waals surface area contributed by atoms with E-state index in [1.165, 1.54) is 24.5 Å². The van der Waals surface area contributed by atoms with Crippen LogP contribution in [-0.4, -0.2) is 30.8 Å². The zero-order valence-electron chi connectivity index (χ0n) is 14.5. The number of hydrogen-bond donors (Lipinski definition) is 1. The first-order chi connectivity index (χ1) is 13.3. The van der Waals surface area contributed by atoms with E-state index >= 15 is 0 Å². The van der Waals surface area contributed by atoms with Crippen molar-refractivity contribution in [2.24, 2.45) is 0 Å². The predicted octanol–water partition coefficient (Wildman–Crippen LogP) is 3.99. The van der Waals surface area contributed by atoms with Crippen molar-refractivity contribution in [3.05, 3.63) is 63.7 Å². The van der Waals surface area contributed by atoms with Gasteiger partial charge in [-0.15, -0.1) is 11.3 Å². The van der Waals surface area contributed by atoms with Crippen molar-refractivity contribution in [1.82, 2.24) is 9.97 Å². The average molecular weight is 457 g/mol. The fourth-order valence-electron chi connectivity index (χ4n) is 2.26. The van der Waals surface area contributed by atoms with Crippen LogP contribution in [0.15, 0.2) is 53.0 Å². The van der Waals surface area contributed by atoms with Crippen molar-refractivity contribution in [2.45, 2.75) is 11.8 Å². The molecule has 3 rings (SSSR count). The van der Waals surface area contributed by atoms with Crippen LogP contribution in [0.3, 0.4) is 0 Å². The third-order valence-corrected chi connectivity index (χ3v) is 7.21. The summed E-state index contributed by atoms with van der Waals surface area (Å²) in [6.45, 7) is 1.19. The SMILES string of the molecule is Cc1c(Cl)cnc(NC(=O)CN(c2nccs2)S(=O)(=O)c2ccccc2)c1Cl. The molecule has 0 saturated heterocycles. The molecule has 0 saturated carbocycles. The van der Waals surface area contributed by atoms with Crippen molar-refractivity contribution in [1.29, 1.82) is 0 Å². The summed E-state index contributed by atoms with van der Waals surface area (Å²) in [4.78, 5) is 20.7. The number of hydrogen-bond acceptors (Lipinski definition) is 6. The highest BCUT2D eigenvalue weighted by atomic mass is 35.5. The maximum absolute atomic E-state index is 13.0. The minimum atomic E-state index is -3.99. The fourth-order valence-corrected chi connectivity index (χ4v) is 4.92. The number of nitrogens with one attached hydrogen (secondary N) is 1. The Morgan fingerprint density at radius 1 is 1.21 bits per heavy atom. The molecule has 1 amide bonds. The van der Waals surface area contributed by atoms with Gasteiger partial charge in [-0.25, -0.2) is 22.7 Å². The zero-order chi connectivity index (χ0) is 20.3. The molecule has 28 heavy (non-hydrogen) atoms. The van der Waals surface area contributed by atoms with Gasteiger partial charge < -0.3 is 5.32 Å². The molecule has 3 aromatic rings. The Morgan fingerprint density at radius 3 is 2.57 bits per heavy atom. The number of halogens is 2. The van der Waals surface area contributed by atoms with E-state index in [1.54, 1.807) is 30.5 Å². The summed E-state index contributed by atoms with van der Waals surface area (Å²) in [5.41, 5.74) is 0.558. The first-order valence-electron chi connectivity index (χ1n) is 7.88. The normalized spacial score (nSPS) is 11.2. The Bertz CT molecular complexity index is 1090. The number of pyridine rings is 1. The molecule has 0 aliphatic rings. The summed E-state index contributed by atoms with van der Waals surface area (Å²) < 4.78 is 27.0. The maximum Gasteiger partial charge on any atom is 0.266 e. The molecule has 0 atom stereocenters. The van der Waals surface area contributed by atoms with Crippen LogP contribution < -0.4 is 9.62 Å². The minimum Gasteiger partial charge on any atom is -0.308 e. The van der Waals surface area contributed by atoms with Gasteiger partial charge in [0.2, 0.25) is 5.91 Å². The van der Waals surface area contributed by atoms with E-state index in [1.807, 2.05) is 0 Å². The summed E-state index contributed by atoms with van der Waals surface area (Å²) in [5, 5.41) is 4.87. The molecule has 0 radical (unpaired) electrons. The smallest absolute Gasteiger partial charge is 0.266 e. The quantitative estimate of drug-likeness (QED) is 0.605. The van der Waals surface area contributed by atoms with Gasteiger partial charge in [0.1, 0.15) is 6.54 Å². The summed E-state index contributed by atoms with van der Waals surface area (Å²) in [6, 6.07) is 7.82. The van der Waals surface area contributed by atoms with Gasteiger partial charge in [-0.3, -0.25) is 4.79 Å². The highest BCUT2D eigenvalue weighted by Crippen LogP contribution is 2.29. The van der Waals surface area contributed by atoms with Gasteiger partial charge in [-0.05, 0) is 24.6 Å². The Kier molecular flexibility index (Phi) is 6.19. The van der Waals surface area contributed by atoms with Crippen LogP contribution in [-0.2, 0) is 14.8 Å². The van der Waals surface area contributed by atoms with Crippen molar-refractivity contribution >= 4 is 61.4 Å². The monoisotopic (exact) mass is 456 g/mol. The number of thiazole rings is 1. The van der Waals surface area contributed by atoms with E-state index in [-0.39, 0.29) is 20.9 Å². The number of carbonyl (C=O) groups is 1. The molecule has 0 spiro atoms. The van der Waals surface area contributed by atoms with Crippen molar-refractivity contribution in [3.63, 3.8) is 0 Å². The molecule has 1 aromatic carbocycles. The second kappa shape index (κ2) is 8.44. The molecule has 1 N–H and O–H groups in total. The second-order valence-corrected chi connectivity index (χ2v) is 9.10. The lowest BCUT2D eigenvalue weighted by Crippen LogP contribution is -2.38. The van der Waals surface area contributed by atoms with Crippen molar-refractivity contribution < 1.29 is 13.2 Å². The number of sulfonamides is 1. The maximum atomic E-state index is 13.0. The molecule has 146 valence electrons. The molecule has 2 heterocycles.